The highest BCUT2D eigenvalue weighted by atomic mass is 16.5. The molecule has 0 fully saturated rings. The highest BCUT2D eigenvalue weighted by Gasteiger charge is 2.08. The number of nitriles is 1. The van der Waals surface area contributed by atoms with Crippen LogP contribution in [0, 0.1) is 11.3 Å². The zero-order valence-corrected chi connectivity index (χ0v) is 12.5. The Morgan fingerprint density at radius 3 is 2.60 bits per heavy atom. The maximum atomic E-state index is 8.77. The third-order valence-electron chi connectivity index (χ3n) is 2.43. The van der Waals surface area contributed by atoms with Crippen molar-refractivity contribution in [3.8, 4) is 11.8 Å². The summed E-state index contributed by atoms with van der Waals surface area (Å²) < 4.78 is 16.5. The van der Waals surface area contributed by atoms with Crippen molar-refractivity contribution >= 4 is 0 Å². The first-order valence-corrected chi connectivity index (χ1v) is 6.86. The minimum atomic E-state index is -0.113. The lowest BCUT2D eigenvalue weighted by Gasteiger charge is -2.19. The molecular weight excluding hydrogens is 254 g/mol. The van der Waals surface area contributed by atoms with Gasteiger partial charge in [-0.2, -0.15) is 5.26 Å². The second-order valence-corrected chi connectivity index (χ2v) is 5.41. The quantitative estimate of drug-likeness (QED) is 0.685. The van der Waals surface area contributed by atoms with E-state index in [0.29, 0.717) is 32.0 Å². The lowest BCUT2D eigenvalue weighted by atomic mass is 10.2. The number of nitrogens with zero attached hydrogens (tertiary/aromatic N) is 1. The van der Waals surface area contributed by atoms with Crippen molar-refractivity contribution in [2.75, 3.05) is 26.4 Å². The topological polar surface area (TPSA) is 51.5 Å². The fourth-order valence-electron chi connectivity index (χ4n) is 1.52. The Morgan fingerprint density at radius 2 is 1.90 bits per heavy atom. The molecule has 1 rings (SSSR count). The zero-order valence-electron chi connectivity index (χ0n) is 12.5. The summed E-state index contributed by atoms with van der Waals surface area (Å²) in [6.07, 6.45) is 0.812. The number of rotatable bonds is 8. The fourth-order valence-corrected chi connectivity index (χ4v) is 1.52. The highest BCUT2D eigenvalue weighted by Crippen LogP contribution is 2.12. The van der Waals surface area contributed by atoms with Gasteiger partial charge in [0.1, 0.15) is 5.75 Å². The van der Waals surface area contributed by atoms with Crippen LogP contribution in [0.25, 0.3) is 0 Å². The fraction of sp³-hybridized carbons (Fsp3) is 0.562. The van der Waals surface area contributed by atoms with Gasteiger partial charge < -0.3 is 14.2 Å². The summed E-state index contributed by atoms with van der Waals surface area (Å²) in [5.41, 5.74) is 0.496. The molecule has 1 aromatic carbocycles. The van der Waals surface area contributed by atoms with Gasteiger partial charge in [-0.3, -0.25) is 0 Å². The Bertz CT molecular complexity index is 432. The van der Waals surface area contributed by atoms with Gasteiger partial charge in [-0.25, -0.2) is 0 Å². The van der Waals surface area contributed by atoms with Crippen LogP contribution in [-0.4, -0.2) is 32.0 Å². The molecular formula is C16H23NO3. The molecule has 0 heterocycles. The molecule has 0 spiro atoms. The third-order valence-corrected chi connectivity index (χ3v) is 2.43. The van der Waals surface area contributed by atoms with E-state index in [2.05, 4.69) is 6.07 Å². The molecule has 110 valence electrons. The molecule has 0 aliphatic heterocycles. The highest BCUT2D eigenvalue weighted by molar-refractivity contribution is 5.36. The molecule has 0 atom stereocenters. The summed E-state index contributed by atoms with van der Waals surface area (Å²) >= 11 is 0. The van der Waals surface area contributed by atoms with Gasteiger partial charge in [-0.1, -0.05) is 6.07 Å². The Morgan fingerprint density at radius 1 is 1.10 bits per heavy atom. The molecule has 0 aliphatic carbocycles. The first-order chi connectivity index (χ1) is 9.51. The van der Waals surface area contributed by atoms with Crippen LogP contribution in [0.1, 0.15) is 32.8 Å². The standard InChI is InChI=1S/C16H23NO3/c1-16(2,3)20-11-10-18-8-5-9-19-15-7-4-6-14(12-15)13-17/h4,6-7,12H,5,8-11H2,1-3H3. The maximum Gasteiger partial charge on any atom is 0.120 e. The minimum absolute atomic E-state index is 0.113. The molecule has 0 bridgehead atoms. The van der Waals surface area contributed by atoms with E-state index in [0.717, 1.165) is 12.2 Å². The minimum Gasteiger partial charge on any atom is -0.493 e. The van der Waals surface area contributed by atoms with Crippen LogP contribution in [0.4, 0.5) is 0 Å². The first kappa shape index (κ1) is 16.5. The van der Waals surface area contributed by atoms with Crippen molar-refractivity contribution in [1.82, 2.24) is 0 Å². The summed E-state index contributed by atoms with van der Waals surface area (Å²) in [7, 11) is 0. The van der Waals surface area contributed by atoms with Crippen LogP contribution >= 0.6 is 0 Å². The molecule has 4 nitrogen and oxygen atoms in total. The SMILES string of the molecule is CC(C)(C)OCCOCCCOc1cccc(C#N)c1. The second-order valence-electron chi connectivity index (χ2n) is 5.41. The van der Waals surface area contributed by atoms with Crippen LogP contribution in [0.2, 0.25) is 0 Å². The van der Waals surface area contributed by atoms with Crippen molar-refractivity contribution in [2.45, 2.75) is 32.8 Å². The van der Waals surface area contributed by atoms with E-state index in [-0.39, 0.29) is 5.60 Å². The van der Waals surface area contributed by atoms with Gasteiger partial charge in [0.15, 0.2) is 0 Å². The zero-order chi connectivity index (χ0) is 14.8. The largest absolute Gasteiger partial charge is 0.493 e. The van der Waals surface area contributed by atoms with Crippen molar-refractivity contribution in [3.05, 3.63) is 29.8 Å². The molecule has 0 radical (unpaired) electrons. The van der Waals surface area contributed by atoms with Crippen molar-refractivity contribution in [2.24, 2.45) is 0 Å². The number of benzene rings is 1. The van der Waals surface area contributed by atoms with E-state index < -0.39 is 0 Å². The van der Waals surface area contributed by atoms with Crippen LogP contribution < -0.4 is 4.74 Å². The van der Waals surface area contributed by atoms with Crippen LogP contribution in [0.3, 0.4) is 0 Å². The Kier molecular flexibility index (Phi) is 7.06. The summed E-state index contributed by atoms with van der Waals surface area (Å²) in [4.78, 5) is 0. The van der Waals surface area contributed by atoms with Gasteiger partial charge >= 0.3 is 0 Å². The number of hydrogen-bond acceptors (Lipinski definition) is 4. The molecule has 0 saturated carbocycles. The summed E-state index contributed by atoms with van der Waals surface area (Å²) in [6.45, 7) is 8.50. The van der Waals surface area contributed by atoms with E-state index in [1.807, 2.05) is 32.9 Å². The molecule has 0 unspecified atom stereocenters. The maximum absolute atomic E-state index is 8.77. The Labute approximate surface area is 121 Å². The summed E-state index contributed by atoms with van der Waals surface area (Å²) in [5, 5.41) is 8.77. The van der Waals surface area contributed by atoms with Crippen LogP contribution in [-0.2, 0) is 9.47 Å². The van der Waals surface area contributed by atoms with E-state index in [1.165, 1.54) is 0 Å². The van der Waals surface area contributed by atoms with E-state index in [1.54, 1.807) is 12.1 Å². The lowest BCUT2D eigenvalue weighted by molar-refractivity contribution is -0.0357. The van der Waals surface area contributed by atoms with E-state index in [9.17, 15) is 0 Å². The average Bonchev–Trinajstić information content (AvgIpc) is 2.41. The molecule has 20 heavy (non-hydrogen) atoms. The second kappa shape index (κ2) is 8.57. The molecule has 0 saturated heterocycles. The van der Waals surface area contributed by atoms with Crippen LogP contribution in [0.5, 0.6) is 5.75 Å². The molecule has 4 heteroatoms. The summed E-state index contributed by atoms with van der Waals surface area (Å²) in [6, 6.07) is 9.23. The summed E-state index contributed by atoms with van der Waals surface area (Å²) in [5.74, 6) is 0.722. The van der Waals surface area contributed by atoms with Gasteiger partial charge in [0, 0.05) is 13.0 Å². The van der Waals surface area contributed by atoms with Crippen molar-refractivity contribution < 1.29 is 14.2 Å². The van der Waals surface area contributed by atoms with Gasteiger partial charge in [0.05, 0.1) is 37.1 Å². The first-order valence-electron chi connectivity index (χ1n) is 6.86. The molecule has 1 aromatic rings. The van der Waals surface area contributed by atoms with Crippen LogP contribution in [0.15, 0.2) is 24.3 Å². The molecule has 0 aliphatic rings. The van der Waals surface area contributed by atoms with Gasteiger partial charge in [0.25, 0.3) is 0 Å². The van der Waals surface area contributed by atoms with Crippen molar-refractivity contribution in [3.63, 3.8) is 0 Å². The lowest BCUT2D eigenvalue weighted by Crippen LogP contribution is -2.22. The van der Waals surface area contributed by atoms with E-state index in [4.69, 9.17) is 19.5 Å². The van der Waals surface area contributed by atoms with Gasteiger partial charge in [0.2, 0.25) is 0 Å². The number of ether oxygens (including phenoxy) is 3. The Hall–Kier alpha value is -1.57. The number of hydrogen-bond donors (Lipinski definition) is 0. The predicted octanol–water partition coefficient (Wildman–Crippen LogP) is 3.16. The monoisotopic (exact) mass is 277 g/mol. The average molecular weight is 277 g/mol. The molecule has 0 N–H and O–H groups in total. The smallest absolute Gasteiger partial charge is 0.120 e. The van der Waals surface area contributed by atoms with E-state index >= 15 is 0 Å². The normalized spacial score (nSPS) is 11.1. The van der Waals surface area contributed by atoms with Gasteiger partial charge in [-0.05, 0) is 39.0 Å². The molecule has 0 amide bonds. The van der Waals surface area contributed by atoms with Gasteiger partial charge in [-0.15, -0.1) is 0 Å². The molecule has 0 aromatic heterocycles. The third kappa shape index (κ3) is 7.78. The predicted molar refractivity (Wildman–Crippen MR) is 77.8 cm³/mol. The Balaban J connectivity index is 2.04. The van der Waals surface area contributed by atoms with Crippen molar-refractivity contribution in [1.29, 1.82) is 5.26 Å².